The molecule has 19 heavy (non-hydrogen) atoms. The van der Waals surface area contributed by atoms with Crippen molar-refractivity contribution in [2.45, 2.75) is 25.6 Å². The number of nitrogens with one attached hydrogen (secondary N) is 1. The van der Waals surface area contributed by atoms with E-state index in [1.165, 1.54) is 6.20 Å². The molecule has 1 aliphatic heterocycles. The number of aromatic nitrogens is 2. The minimum atomic E-state index is -4.37. The Morgan fingerprint density at radius 3 is 2.89 bits per heavy atom. The van der Waals surface area contributed by atoms with Crippen LogP contribution in [0.15, 0.2) is 12.3 Å². The summed E-state index contributed by atoms with van der Waals surface area (Å²) in [5, 5.41) is 2.77. The highest BCUT2D eigenvalue weighted by atomic mass is 19.4. The van der Waals surface area contributed by atoms with Gasteiger partial charge in [0.05, 0.1) is 0 Å². The molecule has 0 aromatic carbocycles. The van der Waals surface area contributed by atoms with Crippen LogP contribution in [0.1, 0.15) is 12.1 Å². The molecule has 8 heteroatoms. The lowest BCUT2D eigenvalue weighted by Crippen LogP contribution is -2.39. The van der Waals surface area contributed by atoms with Crippen LogP contribution in [-0.4, -0.2) is 46.1 Å². The first-order chi connectivity index (χ1) is 8.85. The van der Waals surface area contributed by atoms with E-state index in [4.69, 9.17) is 0 Å². The van der Waals surface area contributed by atoms with Gasteiger partial charge in [-0.1, -0.05) is 0 Å². The van der Waals surface area contributed by atoms with Gasteiger partial charge in [-0.15, -0.1) is 0 Å². The normalized spacial score (nSPS) is 19.9. The fourth-order valence-corrected chi connectivity index (χ4v) is 1.92. The molecule has 1 aromatic rings. The molecule has 0 saturated carbocycles. The average Bonchev–Trinajstić information content (AvgIpc) is 2.60. The molecule has 1 saturated heterocycles. The van der Waals surface area contributed by atoms with Crippen molar-refractivity contribution >= 4 is 11.9 Å². The van der Waals surface area contributed by atoms with Crippen molar-refractivity contribution in [3.8, 4) is 0 Å². The average molecular weight is 274 g/mol. The Morgan fingerprint density at radius 1 is 1.53 bits per heavy atom. The predicted molar refractivity (Wildman–Crippen MR) is 61.4 cm³/mol. The zero-order chi connectivity index (χ0) is 14.0. The van der Waals surface area contributed by atoms with E-state index in [-0.39, 0.29) is 12.5 Å². The fraction of sp³-hybridized carbons (Fsp3) is 0.545. The Bertz CT molecular complexity index is 477. The van der Waals surface area contributed by atoms with Gasteiger partial charge in [0.1, 0.15) is 12.6 Å². The van der Waals surface area contributed by atoms with E-state index in [0.717, 1.165) is 10.6 Å². The van der Waals surface area contributed by atoms with Crippen LogP contribution in [-0.2, 0) is 4.79 Å². The summed E-state index contributed by atoms with van der Waals surface area (Å²) in [5.41, 5.74) is 0.718. The maximum Gasteiger partial charge on any atom is 0.406 e. The van der Waals surface area contributed by atoms with Crippen molar-refractivity contribution < 1.29 is 18.0 Å². The van der Waals surface area contributed by atoms with Gasteiger partial charge in [-0.25, -0.2) is 9.97 Å². The molecule has 104 valence electrons. The summed E-state index contributed by atoms with van der Waals surface area (Å²) in [4.78, 5) is 20.6. The minimum absolute atomic E-state index is 0.0851. The van der Waals surface area contributed by atoms with Crippen molar-refractivity contribution in [1.82, 2.24) is 14.9 Å². The summed E-state index contributed by atoms with van der Waals surface area (Å²) in [6.45, 7) is 0.639. The topological polar surface area (TPSA) is 58.1 Å². The number of likely N-dealkylation sites (tertiary alicyclic amines) is 1. The van der Waals surface area contributed by atoms with Crippen LogP contribution in [0.5, 0.6) is 0 Å². The number of hydrogen-bond acceptors (Lipinski definition) is 4. The van der Waals surface area contributed by atoms with E-state index < -0.39 is 24.7 Å². The fourth-order valence-electron chi connectivity index (χ4n) is 1.92. The smallest absolute Gasteiger partial charge is 0.342 e. The lowest BCUT2D eigenvalue weighted by atomic mass is 10.2. The number of hydrogen-bond donors (Lipinski definition) is 1. The lowest BCUT2D eigenvalue weighted by molar-refractivity contribution is -0.157. The molecule has 0 spiro atoms. The van der Waals surface area contributed by atoms with Crippen LogP contribution in [0.4, 0.5) is 19.1 Å². The van der Waals surface area contributed by atoms with Gasteiger partial charge >= 0.3 is 6.18 Å². The second-order valence-electron chi connectivity index (χ2n) is 4.38. The molecule has 2 rings (SSSR count). The summed E-state index contributed by atoms with van der Waals surface area (Å²) < 4.78 is 36.7. The monoisotopic (exact) mass is 274 g/mol. The number of halogens is 3. The third kappa shape index (κ3) is 3.55. The molecule has 1 aliphatic rings. The Hall–Kier alpha value is -1.86. The van der Waals surface area contributed by atoms with E-state index >= 15 is 0 Å². The van der Waals surface area contributed by atoms with Gasteiger partial charge in [0.15, 0.2) is 0 Å². The molecule has 1 unspecified atom stereocenters. The van der Waals surface area contributed by atoms with Crippen molar-refractivity contribution in [2.24, 2.45) is 0 Å². The zero-order valence-electron chi connectivity index (χ0n) is 10.2. The minimum Gasteiger partial charge on any atom is -0.342 e. The Balaban J connectivity index is 1.98. The summed E-state index contributed by atoms with van der Waals surface area (Å²) in [7, 11) is 0. The number of alkyl halides is 3. The number of aryl methyl sites for hydroxylation is 1. The summed E-state index contributed by atoms with van der Waals surface area (Å²) in [6.07, 6.45) is -2.53. The maximum atomic E-state index is 12.2. The standard InChI is InChI=1S/C11H13F3N4O/c1-7-2-4-15-10(16-7)17-8-3-5-18(9(8)19)6-11(12,13)14/h2,4,8H,3,5-6H2,1H3,(H,15,16,17). The van der Waals surface area contributed by atoms with E-state index in [2.05, 4.69) is 15.3 Å². The van der Waals surface area contributed by atoms with Crippen LogP contribution >= 0.6 is 0 Å². The van der Waals surface area contributed by atoms with Crippen LogP contribution in [0.2, 0.25) is 0 Å². The van der Waals surface area contributed by atoms with Crippen molar-refractivity contribution in [1.29, 1.82) is 0 Å². The second kappa shape index (κ2) is 5.02. The molecule has 1 N–H and O–H groups in total. The number of nitrogens with zero attached hydrogens (tertiary/aromatic N) is 3. The largest absolute Gasteiger partial charge is 0.406 e. The van der Waals surface area contributed by atoms with Crippen molar-refractivity contribution in [3.05, 3.63) is 18.0 Å². The lowest BCUT2D eigenvalue weighted by Gasteiger charge is -2.18. The summed E-state index contributed by atoms with van der Waals surface area (Å²) in [6, 6.07) is 1.00. The first kappa shape index (κ1) is 13.6. The second-order valence-corrected chi connectivity index (χ2v) is 4.38. The molecule has 0 bridgehead atoms. The van der Waals surface area contributed by atoms with Crippen molar-refractivity contribution in [3.63, 3.8) is 0 Å². The predicted octanol–water partition coefficient (Wildman–Crippen LogP) is 1.36. The highest BCUT2D eigenvalue weighted by Crippen LogP contribution is 2.22. The summed E-state index contributed by atoms with van der Waals surface area (Å²) in [5.74, 6) is -0.311. The van der Waals surface area contributed by atoms with Crippen molar-refractivity contribution in [2.75, 3.05) is 18.4 Å². The third-order valence-corrected chi connectivity index (χ3v) is 2.77. The first-order valence-corrected chi connectivity index (χ1v) is 5.77. The first-order valence-electron chi connectivity index (χ1n) is 5.77. The van der Waals surface area contributed by atoms with Gasteiger partial charge in [0.25, 0.3) is 0 Å². The molecule has 5 nitrogen and oxygen atoms in total. The highest BCUT2D eigenvalue weighted by molar-refractivity contribution is 5.86. The number of rotatable bonds is 3. The number of carbonyl (C=O) groups is 1. The molecule has 1 atom stereocenters. The van der Waals surface area contributed by atoms with Gasteiger partial charge in [-0.3, -0.25) is 4.79 Å². The summed E-state index contributed by atoms with van der Waals surface area (Å²) >= 11 is 0. The molecule has 1 fully saturated rings. The van der Waals surface area contributed by atoms with Crippen LogP contribution < -0.4 is 5.32 Å². The SMILES string of the molecule is Cc1ccnc(NC2CCN(CC(F)(F)F)C2=O)n1. The number of anilines is 1. The van der Waals surface area contributed by atoms with E-state index in [1.807, 2.05) is 0 Å². The van der Waals surface area contributed by atoms with Gasteiger partial charge in [0.2, 0.25) is 11.9 Å². The van der Waals surface area contributed by atoms with E-state index in [1.54, 1.807) is 13.0 Å². The molecular formula is C11H13F3N4O. The molecule has 1 amide bonds. The zero-order valence-corrected chi connectivity index (χ0v) is 10.2. The Morgan fingerprint density at radius 2 is 2.26 bits per heavy atom. The van der Waals surface area contributed by atoms with Gasteiger partial charge in [-0.05, 0) is 19.4 Å². The van der Waals surface area contributed by atoms with Crippen LogP contribution in [0, 0.1) is 6.92 Å². The molecular weight excluding hydrogens is 261 g/mol. The number of carbonyl (C=O) groups excluding carboxylic acids is 1. The molecule has 0 radical (unpaired) electrons. The quantitative estimate of drug-likeness (QED) is 0.904. The van der Waals surface area contributed by atoms with Crippen LogP contribution in [0.25, 0.3) is 0 Å². The molecule has 1 aromatic heterocycles. The van der Waals surface area contributed by atoms with Gasteiger partial charge < -0.3 is 10.2 Å². The number of amides is 1. The Labute approximate surface area is 107 Å². The molecule has 0 aliphatic carbocycles. The Kier molecular flexibility index (Phi) is 3.59. The van der Waals surface area contributed by atoms with Gasteiger partial charge in [-0.2, -0.15) is 13.2 Å². The maximum absolute atomic E-state index is 12.2. The van der Waals surface area contributed by atoms with Gasteiger partial charge in [0, 0.05) is 18.4 Å². The van der Waals surface area contributed by atoms with E-state index in [0.29, 0.717) is 6.42 Å². The van der Waals surface area contributed by atoms with Crippen LogP contribution in [0.3, 0.4) is 0 Å². The highest BCUT2D eigenvalue weighted by Gasteiger charge is 2.39. The third-order valence-electron chi connectivity index (χ3n) is 2.77. The van der Waals surface area contributed by atoms with E-state index in [9.17, 15) is 18.0 Å². The molecule has 2 heterocycles.